The number of urea groups is 1. The molecule has 0 spiro atoms. The van der Waals surface area contributed by atoms with E-state index in [0.717, 1.165) is 19.3 Å². The van der Waals surface area contributed by atoms with Gasteiger partial charge in [0.2, 0.25) is 0 Å². The second-order valence-corrected chi connectivity index (χ2v) is 6.01. The van der Waals surface area contributed by atoms with Crippen LogP contribution in [0, 0.1) is 5.41 Å². The average molecular weight is 254 g/mol. The highest BCUT2D eigenvalue weighted by Gasteiger charge is 2.21. The third-order valence-corrected chi connectivity index (χ3v) is 3.15. The van der Waals surface area contributed by atoms with E-state index in [1.165, 1.54) is 0 Å². The monoisotopic (exact) mass is 254 g/mol. The molecule has 0 bridgehead atoms. The van der Waals surface area contributed by atoms with E-state index < -0.39 is 0 Å². The number of hydrogen-bond acceptors (Lipinski definition) is 2. The molecule has 0 aromatic rings. The van der Waals surface area contributed by atoms with Crippen LogP contribution in [0.3, 0.4) is 0 Å². The van der Waals surface area contributed by atoms with Crippen molar-refractivity contribution in [1.29, 1.82) is 0 Å². The van der Waals surface area contributed by atoms with Gasteiger partial charge in [0.05, 0.1) is 6.10 Å². The number of carbonyl (C=O) groups is 1. The smallest absolute Gasteiger partial charge is 0.315 e. The first-order chi connectivity index (χ1) is 8.39. The van der Waals surface area contributed by atoms with Crippen LogP contribution in [-0.4, -0.2) is 29.8 Å². The Labute approximate surface area is 110 Å². The van der Waals surface area contributed by atoms with Crippen molar-refractivity contribution in [2.75, 3.05) is 6.54 Å². The molecule has 1 aliphatic rings. The summed E-state index contributed by atoms with van der Waals surface area (Å²) in [7, 11) is 0. The second-order valence-electron chi connectivity index (χ2n) is 6.01. The van der Waals surface area contributed by atoms with Gasteiger partial charge in [-0.15, -0.1) is 0 Å². The van der Waals surface area contributed by atoms with Crippen molar-refractivity contribution in [3.8, 4) is 0 Å². The van der Waals surface area contributed by atoms with Crippen LogP contribution in [0.1, 0.15) is 46.5 Å². The van der Waals surface area contributed by atoms with Gasteiger partial charge in [-0.3, -0.25) is 0 Å². The van der Waals surface area contributed by atoms with Gasteiger partial charge in [0, 0.05) is 12.6 Å². The van der Waals surface area contributed by atoms with Crippen LogP contribution in [0.25, 0.3) is 0 Å². The van der Waals surface area contributed by atoms with Gasteiger partial charge in [0.1, 0.15) is 0 Å². The molecule has 2 amide bonds. The fourth-order valence-electron chi connectivity index (χ4n) is 2.34. The Morgan fingerprint density at radius 1 is 1.56 bits per heavy atom. The highest BCUT2D eigenvalue weighted by molar-refractivity contribution is 5.74. The van der Waals surface area contributed by atoms with Crippen molar-refractivity contribution >= 4 is 6.03 Å². The maximum absolute atomic E-state index is 11.7. The Morgan fingerprint density at radius 3 is 2.83 bits per heavy atom. The Bertz CT molecular complexity index is 298. The number of aliphatic hydroxyl groups is 1. The lowest BCUT2D eigenvalue weighted by atomic mass is 9.87. The molecule has 0 aliphatic heterocycles. The molecular formula is C14H26N2O2. The molecule has 0 saturated carbocycles. The Morgan fingerprint density at radius 2 is 2.28 bits per heavy atom. The van der Waals surface area contributed by atoms with Crippen molar-refractivity contribution in [2.24, 2.45) is 5.41 Å². The largest absolute Gasteiger partial charge is 0.393 e. The molecule has 1 rings (SSSR count). The lowest BCUT2D eigenvalue weighted by Gasteiger charge is -2.27. The van der Waals surface area contributed by atoms with Crippen LogP contribution in [0.15, 0.2) is 12.2 Å². The van der Waals surface area contributed by atoms with E-state index in [0.29, 0.717) is 13.0 Å². The first-order valence-electron chi connectivity index (χ1n) is 6.78. The zero-order chi connectivity index (χ0) is 13.6. The summed E-state index contributed by atoms with van der Waals surface area (Å²) in [5, 5.41) is 15.2. The highest BCUT2D eigenvalue weighted by atomic mass is 16.3. The highest BCUT2D eigenvalue weighted by Crippen LogP contribution is 2.21. The fraction of sp³-hybridized carbons (Fsp3) is 0.786. The Balaban J connectivity index is 2.27. The van der Waals surface area contributed by atoms with Crippen molar-refractivity contribution in [1.82, 2.24) is 10.6 Å². The van der Waals surface area contributed by atoms with Gasteiger partial charge in [-0.2, -0.15) is 0 Å². The molecule has 4 heteroatoms. The molecule has 0 heterocycles. The zero-order valence-corrected chi connectivity index (χ0v) is 11.7. The first-order valence-corrected chi connectivity index (χ1v) is 6.78. The van der Waals surface area contributed by atoms with E-state index in [9.17, 15) is 9.90 Å². The van der Waals surface area contributed by atoms with Gasteiger partial charge < -0.3 is 15.7 Å². The van der Waals surface area contributed by atoms with Crippen molar-refractivity contribution in [3.63, 3.8) is 0 Å². The molecule has 2 atom stereocenters. The van der Waals surface area contributed by atoms with Crippen LogP contribution < -0.4 is 10.6 Å². The minimum Gasteiger partial charge on any atom is -0.393 e. The summed E-state index contributed by atoms with van der Waals surface area (Å²) in [6.45, 7) is 6.43. The quantitative estimate of drug-likeness (QED) is 0.659. The summed E-state index contributed by atoms with van der Waals surface area (Å²) in [4.78, 5) is 11.7. The van der Waals surface area contributed by atoms with Crippen molar-refractivity contribution < 1.29 is 9.90 Å². The summed E-state index contributed by atoms with van der Waals surface area (Å²) >= 11 is 0. The second kappa shape index (κ2) is 6.78. The topological polar surface area (TPSA) is 61.4 Å². The molecular weight excluding hydrogens is 228 g/mol. The molecule has 0 fully saturated rings. The molecule has 0 aromatic heterocycles. The molecule has 1 aliphatic carbocycles. The maximum atomic E-state index is 11.7. The number of amides is 2. The molecule has 0 saturated heterocycles. The minimum atomic E-state index is -0.342. The standard InChI is InChI=1S/C14H26N2O2/c1-11(17)9-14(2,3)10-15-13(18)16-12-7-5-4-6-8-12/h5,7,11-12,17H,4,6,8-10H2,1-3H3,(H2,15,16,18). The third-order valence-electron chi connectivity index (χ3n) is 3.15. The fourth-order valence-corrected chi connectivity index (χ4v) is 2.34. The summed E-state index contributed by atoms with van der Waals surface area (Å²) in [5.74, 6) is 0. The van der Waals surface area contributed by atoms with Gasteiger partial charge >= 0.3 is 6.03 Å². The molecule has 0 radical (unpaired) electrons. The van der Waals surface area contributed by atoms with Crippen molar-refractivity contribution in [3.05, 3.63) is 12.2 Å². The van der Waals surface area contributed by atoms with Crippen LogP contribution in [0.2, 0.25) is 0 Å². The number of rotatable bonds is 5. The molecule has 18 heavy (non-hydrogen) atoms. The van der Waals surface area contributed by atoms with Crippen LogP contribution in [0.5, 0.6) is 0 Å². The zero-order valence-electron chi connectivity index (χ0n) is 11.7. The van der Waals surface area contributed by atoms with E-state index in [-0.39, 0.29) is 23.6 Å². The average Bonchev–Trinajstić information content (AvgIpc) is 2.26. The van der Waals surface area contributed by atoms with E-state index >= 15 is 0 Å². The van der Waals surface area contributed by atoms with E-state index in [4.69, 9.17) is 0 Å². The minimum absolute atomic E-state index is 0.0894. The third kappa shape index (κ3) is 6.05. The van der Waals surface area contributed by atoms with Gasteiger partial charge in [-0.1, -0.05) is 26.0 Å². The normalized spacial score (nSPS) is 21.4. The van der Waals surface area contributed by atoms with Gasteiger partial charge in [0.25, 0.3) is 0 Å². The van der Waals surface area contributed by atoms with Gasteiger partial charge in [-0.05, 0) is 38.0 Å². The lowest BCUT2D eigenvalue weighted by Crippen LogP contribution is -2.45. The summed E-state index contributed by atoms with van der Waals surface area (Å²) in [6.07, 6.45) is 7.77. The number of aliphatic hydroxyl groups excluding tert-OH is 1. The summed E-state index contributed by atoms with van der Waals surface area (Å²) < 4.78 is 0. The van der Waals surface area contributed by atoms with Crippen LogP contribution >= 0.6 is 0 Å². The van der Waals surface area contributed by atoms with E-state index in [1.54, 1.807) is 6.92 Å². The number of hydrogen-bond donors (Lipinski definition) is 3. The SMILES string of the molecule is CC(O)CC(C)(C)CNC(=O)NC1C=CCCC1. The molecule has 104 valence electrons. The molecule has 4 nitrogen and oxygen atoms in total. The van der Waals surface area contributed by atoms with E-state index in [2.05, 4.69) is 22.8 Å². The predicted molar refractivity (Wildman–Crippen MR) is 73.4 cm³/mol. The van der Waals surface area contributed by atoms with Gasteiger partial charge in [-0.25, -0.2) is 4.79 Å². The molecule has 0 aromatic carbocycles. The lowest BCUT2D eigenvalue weighted by molar-refractivity contribution is 0.128. The van der Waals surface area contributed by atoms with Crippen molar-refractivity contribution in [2.45, 2.75) is 58.6 Å². The van der Waals surface area contributed by atoms with Gasteiger partial charge in [0.15, 0.2) is 0 Å². The number of carbonyl (C=O) groups excluding carboxylic acids is 1. The molecule has 3 N–H and O–H groups in total. The first kappa shape index (κ1) is 15.0. The number of allylic oxidation sites excluding steroid dienone is 1. The molecule has 2 unspecified atom stereocenters. The predicted octanol–water partition coefficient (Wildman–Crippen LogP) is 2.19. The Hall–Kier alpha value is -1.03. The summed E-state index contributed by atoms with van der Waals surface area (Å²) in [6, 6.07) is 0.0452. The summed E-state index contributed by atoms with van der Waals surface area (Å²) in [5.41, 5.74) is -0.0894. The maximum Gasteiger partial charge on any atom is 0.315 e. The van der Waals surface area contributed by atoms with Crippen LogP contribution in [0.4, 0.5) is 4.79 Å². The van der Waals surface area contributed by atoms with E-state index in [1.807, 2.05) is 13.8 Å². The van der Waals surface area contributed by atoms with Crippen LogP contribution in [-0.2, 0) is 0 Å². The Kier molecular flexibility index (Phi) is 5.66. The number of nitrogens with one attached hydrogen (secondary N) is 2.